The van der Waals surface area contributed by atoms with Gasteiger partial charge in [-0.25, -0.2) is 4.98 Å². The lowest BCUT2D eigenvalue weighted by atomic mass is 10.4. The summed E-state index contributed by atoms with van der Waals surface area (Å²) in [5.74, 6) is 1.07. The Kier molecular flexibility index (Phi) is 2.12. The van der Waals surface area contributed by atoms with Gasteiger partial charge in [-0.2, -0.15) is 0 Å². The molecule has 2 heterocycles. The Morgan fingerprint density at radius 3 is 3.15 bits per heavy atom. The molecule has 0 aliphatic heterocycles. The Hall–Kier alpha value is -1.58. The molecule has 0 fully saturated rings. The minimum atomic E-state index is 0.736. The van der Waals surface area contributed by atoms with E-state index in [1.54, 1.807) is 12.5 Å². The Labute approximate surface area is 76.2 Å². The molecule has 68 valence electrons. The third kappa shape index (κ3) is 1.61. The first-order chi connectivity index (χ1) is 6.40. The summed E-state index contributed by atoms with van der Waals surface area (Å²) < 4.78 is 6.82. The summed E-state index contributed by atoms with van der Waals surface area (Å²) in [7, 11) is 0. The maximum Gasteiger partial charge on any atom is 0.124 e. The van der Waals surface area contributed by atoms with Crippen LogP contribution in [0.2, 0.25) is 0 Å². The lowest BCUT2D eigenvalue weighted by Gasteiger charge is -2.02. The maximum absolute atomic E-state index is 4.75. The van der Waals surface area contributed by atoms with E-state index in [-0.39, 0.29) is 0 Å². The zero-order chi connectivity index (χ0) is 9.10. The van der Waals surface area contributed by atoms with Crippen LogP contribution >= 0.6 is 0 Å². The average Bonchev–Trinajstić information content (AvgIpc) is 2.76. The standard InChI is InChI=1S/C9H11N3O/c1-2-9-10-4-5-12(9)7-8-3-6-13-11-8/h3-6H,2,7H2,1H3. The lowest BCUT2D eigenvalue weighted by molar-refractivity contribution is 0.409. The highest BCUT2D eigenvalue weighted by Crippen LogP contribution is 2.03. The van der Waals surface area contributed by atoms with Gasteiger partial charge in [0, 0.05) is 24.9 Å². The van der Waals surface area contributed by atoms with E-state index in [9.17, 15) is 0 Å². The van der Waals surface area contributed by atoms with Crippen molar-refractivity contribution in [2.24, 2.45) is 0 Å². The topological polar surface area (TPSA) is 43.9 Å². The van der Waals surface area contributed by atoms with Gasteiger partial charge in [0.25, 0.3) is 0 Å². The van der Waals surface area contributed by atoms with Crippen molar-refractivity contribution in [1.82, 2.24) is 14.7 Å². The Balaban J connectivity index is 2.18. The van der Waals surface area contributed by atoms with Gasteiger partial charge in [-0.05, 0) is 0 Å². The molecule has 0 N–H and O–H groups in total. The highest BCUT2D eigenvalue weighted by molar-refractivity contribution is 5.01. The highest BCUT2D eigenvalue weighted by atomic mass is 16.5. The average molecular weight is 177 g/mol. The monoisotopic (exact) mass is 177 g/mol. The molecule has 0 bridgehead atoms. The van der Waals surface area contributed by atoms with Gasteiger partial charge in [-0.15, -0.1) is 0 Å². The fourth-order valence-corrected chi connectivity index (χ4v) is 1.29. The van der Waals surface area contributed by atoms with Crippen molar-refractivity contribution in [3.63, 3.8) is 0 Å². The molecule has 2 aromatic rings. The van der Waals surface area contributed by atoms with Gasteiger partial charge in [0.2, 0.25) is 0 Å². The third-order valence-electron chi connectivity index (χ3n) is 1.94. The Morgan fingerprint density at radius 2 is 2.46 bits per heavy atom. The fraction of sp³-hybridized carbons (Fsp3) is 0.333. The SMILES string of the molecule is CCc1nccn1Cc1ccon1. The molecule has 0 aliphatic carbocycles. The van der Waals surface area contributed by atoms with Crippen LogP contribution < -0.4 is 0 Å². The largest absolute Gasteiger partial charge is 0.364 e. The Bertz CT molecular complexity index is 364. The smallest absolute Gasteiger partial charge is 0.124 e. The summed E-state index contributed by atoms with van der Waals surface area (Å²) in [6.07, 6.45) is 6.27. The van der Waals surface area contributed by atoms with Crippen molar-refractivity contribution in [1.29, 1.82) is 0 Å². The number of aromatic nitrogens is 3. The predicted octanol–water partition coefficient (Wildman–Crippen LogP) is 1.48. The molecule has 0 aromatic carbocycles. The van der Waals surface area contributed by atoms with Crippen molar-refractivity contribution in [2.45, 2.75) is 19.9 Å². The van der Waals surface area contributed by atoms with Crippen LogP contribution in [0.15, 0.2) is 29.2 Å². The number of hydrogen-bond donors (Lipinski definition) is 0. The molecule has 2 aromatic heterocycles. The zero-order valence-corrected chi connectivity index (χ0v) is 7.47. The molecular formula is C9H11N3O. The zero-order valence-electron chi connectivity index (χ0n) is 7.47. The summed E-state index contributed by atoms with van der Waals surface area (Å²) >= 11 is 0. The number of rotatable bonds is 3. The minimum Gasteiger partial charge on any atom is -0.364 e. The second-order valence-electron chi connectivity index (χ2n) is 2.82. The Morgan fingerprint density at radius 1 is 1.54 bits per heavy atom. The van der Waals surface area contributed by atoms with E-state index in [0.29, 0.717) is 0 Å². The molecule has 4 heteroatoms. The van der Waals surface area contributed by atoms with E-state index in [0.717, 1.165) is 24.5 Å². The predicted molar refractivity (Wildman–Crippen MR) is 47.2 cm³/mol. The summed E-state index contributed by atoms with van der Waals surface area (Å²) in [4.78, 5) is 4.22. The number of nitrogens with zero attached hydrogens (tertiary/aromatic N) is 3. The highest BCUT2D eigenvalue weighted by Gasteiger charge is 2.02. The van der Waals surface area contributed by atoms with E-state index < -0.39 is 0 Å². The van der Waals surface area contributed by atoms with Crippen molar-refractivity contribution in [3.05, 3.63) is 36.2 Å². The molecular weight excluding hydrogens is 166 g/mol. The first-order valence-corrected chi connectivity index (χ1v) is 4.29. The quantitative estimate of drug-likeness (QED) is 0.713. The van der Waals surface area contributed by atoms with Crippen LogP contribution in [0.4, 0.5) is 0 Å². The van der Waals surface area contributed by atoms with Crippen LogP contribution in [0.5, 0.6) is 0 Å². The van der Waals surface area contributed by atoms with E-state index in [4.69, 9.17) is 4.52 Å². The van der Waals surface area contributed by atoms with E-state index in [2.05, 4.69) is 21.6 Å². The molecule has 0 spiro atoms. The van der Waals surface area contributed by atoms with Gasteiger partial charge >= 0.3 is 0 Å². The van der Waals surface area contributed by atoms with Gasteiger partial charge in [-0.3, -0.25) is 0 Å². The molecule has 0 unspecified atom stereocenters. The molecule has 0 atom stereocenters. The van der Waals surface area contributed by atoms with Gasteiger partial charge in [-0.1, -0.05) is 12.1 Å². The van der Waals surface area contributed by atoms with Gasteiger partial charge in [0.15, 0.2) is 0 Å². The molecule has 0 radical (unpaired) electrons. The molecule has 2 rings (SSSR count). The van der Waals surface area contributed by atoms with Crippen molar-refractivity contribution in [3.8, 4) is 0 Å². The number of hydrogen-bond acceptors (Lipinski definition) is 3. The molecule has 0 saturated heterocycles. The van der Waals surface area contributed by atoms with Gasteiger partial charge in [0.05, 0.1) is 6.54 Å². The van der Waals surface area contributed by atoms with Gasteiger partial charge in [0.1, 0.15) is 17.8 Å². The second-order valence-corrected chi connectivity index (χ2v) is 2.82. The maximum atomic E-state index is 4.75. The number of imidazole rings is 1. The molecule has 4 nitrogen and oxygen atoms in total. The van der Waals surface area contributed by atoms with Crippen molar-refractivity contribution >= 4 is 0 Å². The first kappa shape index (κ1) is 8.04. The summed E-state index contributed by atoms with van der Waals surface area (Å²) in [5, 5.41) is 3.84. The normalized spacial score (nSPS) is 10.5. The molecule has 0 saturated carbocycles. The number of aryl methyl sites for hydroxylation is 1. The first-order valence-electron chi connectivity index (χ1n) is 4.29. The third-order valence-corrected chi connectivity index (χ3v) is 1.94. The molecule has 0 amide bonds. The summed E-state index contributed by atoms with van der Waals surface area (Å²) in [6.45, 7) is 2.82. The van der Waals surface area contributed by atoms with E-state index in [1.807, 2.05) is 12.3 Å². The summed E-state index contributed by atoms with van der Waals surface area (Å²) in [5.41, 5.74) is 0.924. The second kappa shape index (κ2) is 3.43. The lowest BCUT2D eigenvalue weighted by Crippen LogP contribution is -2.03. The van der Waals surface area contributed by atoms with Crippen molar-refractivity contribution in [2.75, 3.05) is 0 Å². The van der Waals surface area contributed by atoms with Crippen LogP contribution in [0.1, 0.15) is 18.4 Å². The minimum absolute atomic E-state index is 0.736. The van der Waals surface area contributed by atoms with Crippen LogP contribution in [0.25, 0.3) is 0 Å². The van der Waals surface area contributed by atoms with Crippen LogP contribution in [0.3, 0.4) is 0 Å². The van der Waals surface area contributed by atoms with Crippen molar-refractivity contribution < 1.29 is 4.52 Å². The van der Waals surface area contributed by atoms with E-state index >= 15 is 0 Å². The van der Waals surface area contributed by atoms with Crippen LogP contribution in [-0.4, -0.2) is 14.7 Å². The molecule has 13 heavy (non-hydrogen) atoms. The molecule has 0 aliphatic rings. The van der Waals surface area contributed by atoms with Crippen LogP contribution in [-0.2, 0) is 13.0 Å². The van der Waals surface area contributed by atoms with Gasteiger partial charge < -0.3 is 9.09 Å². The summed E-state index contributed by atoms with van der Waals surface area (Å²) in [6, 6.07) is 1.86. The fourth-order valence-electron chi connectivity index (χ4n) is 1.29. The van der Waals surface area contributed by atoms with Crippen LogP contribution in [0, 0.1) is 0 Å². The van der Waals surface area contributed by atoms with E-state index in [1.165, 1.54) is 0 Å².